The van der Waals surface area contributed by atoms with Crippen molar-refractivity contribution in [3.05, 3.63) is 86.5 Å². The van der Waals surface area contributed by atoms with Gasteiger partial charge in [-0.2, -0.15) is 5.10 Å². The number of aryl methyl sites for hydroxylation is 2. The highest BCUT2D eigenvalue weighted by molar-refractivity contribution is 7.16. The van der Waals surface area contributed by atoms with Crippen molar-refractivity contribution in [3.8, 4) is 17.0 Å². The molecule has 34 heavy (non-hydrogen) atoms. The Morgan fingerprint density at radius 1 is 1.12 bits per heavy atom. The molecule has 0 aliphatic rings. The highest BCUT2D eigenvalue weighted by Crippen LogP contribution is 2.31. The first-order chi connectivity index (χ1) is 16.3. The van der Waals surface area contributed by atoms with Crippen molar-refractivity contribution in [2.75, 3.05) is 12.4 Å². The van der Waals surface area contributed by atoms with E-state index in [1.165, 1.54) is 17.4 Å². The molecule has 0 fully saturated rings. The van der Waals surface area contributed by atoms with Crippen molar-refractivity contribution in [1.29, 1.82) is 0 Å². The molecule has 1 amide bonds. The van der Waals surface area contributed by atoms with E-state index in [1.807, 2.05) is 62.4 Å². The van der Waals surface area contributed by atoms with Gasteiger partial charge in [0.1, 0.15) is 10.9 Å². The Hall–Kier alpha value is -3.13. The van der Waals surface area contributed by atoms with E-state index < -0.39 is 0 Å². The molecule has 9 heteroatoms. The van der Waals surface area contributed by atoms with Crippen molar-refractivity contribution in [2.24, 2.45) is 0 Å². The Morgan fingerprint density at radius 2 is 1.82 bits per heavy atom. The number of methoxy groups -OCH3 is 1. The molecular weight excluding hydrogens is 491 g/mol. The van der Waals surface area contributed by atoms with Crippen LogP contribution in [-0.4, -0.2) is 27.8 Å². The zero-order valence-corrected chi connectivity index (χ0v) is 21.1. The highest BCUT2D eigenvalue weighted by atomic mass is 35.5. The number of hydrogen-bond donors (Lipinski definition) is 1. The SMILES string of the molecule is COc1ccc(-c2nc(NC(=O)/C=C/c3c(C)nn(Cc4ccc(Cl)cc4)c3Cl)sc2C)cc1. The second-order valence-corrected chi connectivity index (χ2v) is 9.55. The molecule has 1 N–H and O–H groups in total. The summed E-state index contributed by atoms with van der Waals surface area (Å²) >= 11 is 13.9. The number of carbonyl (C=O) groups excluding carboxylic acids is 1. The molecular formula is C25H22Cl2N4O2S. The largest absolute Gasteiger partial charge is 0.497 e. The van der Waals surface area contributed by atoms with Gasteiger partial charge in [-0.05, 0) is 61.9 Å². The van der Waals surface area contributed by atoms with E-state index in [-0.39, 0.29) is 5.91 Å². The molecule has 174 valence electrons. The number of nitrogens with zero attached hydrogens (tertiary/aromatic N) is 3. The summed E-state index contributed by atoms with van der Waals surface area (Å²) < 4.78 is 6.90. The molecule has 0 unspecified atom stereocenters. The lowest BCUT2D eigenvalue weighted by Gasteiger charge is -2.03. The first-order valence-electron chi connectivity index (χ1n) is 10.4. The molecule has 0 aliphatic carbocycles. The van der Waals surface area contributed by atoms with Gasteiger partial charge in [0.2, 0.25) is 5.91 Å². The molecule has 4 aromatic rings. The number of amides is 1. The average Bonchev–Trinajstić information content (AvgIpc) is 3.32. The number of halogens is 2. The van der Waals surface area contributed by atoms with Crippen LogP contribution in [-0.2, 0) is 11.3 Å². The Bertz CT molecular complexity index is 1340. The summed E-state index contributed by atoms with van der Waals surface area (Å²) in [5.74, 6) is 0.483. The number of benzene rings is 2. The van der Waals surface area contributed by atoms with Crippen molar-refractivity contribution in [1.82, 2.24) is 14.8 Å². The van der Waals surface area contributed by atoms with Gasteiger partial charge in [0.15, 0.2) is 5.13 Å². The molecule has 0 atom stereocenters. The van der Waals surface area contributed by atoms with Crippen LogP contribution in [0.15, 0.2) is 54.6 Å². The Balaban J connectivity index is 1.45. The maximum atomic E-state index is 12.5. The number of rotatable bonds is 7. The lowest BCUT2D eigenvalue weighted by atomic mass is 10.1. The van der Waals surface area contributed by atoms with E-state index in [0.29, 0.717) is 27.4 Å². The third kappa shape index (κ3) is 5.50. The maximum Gasteiger partial charge on any atom is 0.250 e. The van der Waals surface area contributed by atoms with E-state index in [9.17, 15) is 4.79 Å². The topological polar surface area (TPSA) is 69.0 Å². The summed E-state index contributed by atoms with van der Waals surface area (Å²) in [4.78, 5) is 18.1. The van der Waals surface area contributed by atoms with Crippen molar-refractivity contribution in [3.63, 3.8) is 0 Å². The quantitative estimate of drug-likeness (QED) is 0.282. The number of anilines is 1. The monoisotopic (exact) mass is 512 g/mol. The molecule has 2 heterocycles. The molecule has 2 aromatic heterocycles. The third-order valence-corrected chi connectivity index (χ3v) is 6.68. The number of nitrogens with one attached hydrogen (secondary N) is 1. The Morgan fingerprint density at radius 3 is 2.50 bits per heavy atom. The lowest BCUT2D eigenvalue weighted by molar-refractivity contribution is -0.111. The second kappa shape index (κ2) is 10.4. The van der Waals surface area contributed by atoms with E-state index in [4.69, 9.17) is 27.9 Å². The first kappa shape index (κ1) is 24.0. The van der Waals surface area contributed by atoms with E-state index >= 15 is 0 Å². The normalized spacial score (nSPS) is 11.2. The van der Waals surface area contributed by atoms with Gasteiger partial charge in [-0.3, -0.25) is 10.1 Å². The third-order valence-electron chi connectivity index (χ3n) is 5.15. The smallest absolute Gasteiger partial charge is 0.250 e. The fourth-order valence-electron chi connectivity index (χ4n) is 3.40. The Labute approximate surface area is 211 Å². The van der Waals surface area contributed by atoms with E-state index in [2.05, 4.69) is 15.4 Å². The van der Waals surface area contributed by atoms with E-state index in [0.717, 1.165) is 33.1 Å². The second-order valence-electron chi connectivity index (χ2n) is 7.55. The molecule has 0 saturated heterocycles. The fourth-order valence-corrected chi connectivity index (χ4v) is 4.66. The lowest BCUT2D eigenvalue weighted by Crippen LogP contribution is -2.07. The van der Waals surface area contributed by atoms with Crippen LogP contribution in [0.4, 0.5) is 5.13 Å². The fraction of sp³-hybridized carbons (Fsp3) is 0.160. The summed E-state index contributed by atoms with van der Waals surface area (Å²) in [6, 6.07) is 15.2. The first-order valence-corrected chi connectivity index (χ1v) is 12.0. The maximum absolute atomic E-state index is 12.5. The molecule has 0 spiro atoms. The van der Waals surface area contributed by atoms with Crippen LogP contribution in [0.2, 0.25) is 10.2 Å². The van der Waals surface area contributed by atoms with Gasteiger partial charge < -0.3 is 4.74 Å². The van der Waals surface area contributed by atoms with Crippen LogP contribution >= 0.6 is 34.5 Å². The van der Waals surface area contributed by atoms with Crippen LogP contribution in [0, 0.1) is 13.8 Å². The molecule has 0 radical (unpaired) electrons. The van der Waals surface area contributed by atoms with Gasteiger partial charge in [-0.25, -0.2) is 9.67 Å². The van der Waals surface area contributed by atoms with Gasteiger partial charge in [0, 0.05) is 27.1 Å². The van der Waals surface area contributed by atoms with Crippen LogP contribution in [0.5, 0.6) is 5.75 Å². The minimum atomic E-state index is -0.295. The molecule has 2 aromatic carbocycles. The van der Waals surface area contributed by atoms with Crippen LogP contribution in [0.1, 0.15) is 21.7 Å². The van der Waals surface area contributed by atoms with Crippen molar-refractivity contribution < 1.29 is 9.53 Å². The van der Waals surface area contributed by atoms with Gasteiger partial charge in [0.05, 0.1) is 25.0 Å². The van der Waals surface area contributed by atoms with E-state index in [1.54, 1.807) is 17.9 Å². The summed E-state index contributed by atoms with van der Waals surface area (Å²) in [6.07, 6.45) is 3.11. The number of carbonyl (C=O) groups is 1. The predicted molar refractivity (Wildman–Crippen MR) is 139 cm³/mol. The minimum absolute atomic E-state index is 0.295. The number of ether oxygens (including phenoxy) is 1. The highest BCUT2D eigenvalue weighted by Gasteiger charge is 2.14. The molecule has 0 saturated carbocycles. The Kier molecular flexibility index (Phi) is 7.36. The average molecular weight is 513 g/mol. The zero-order chi connectivity index (χ0) is 24.2. The summed E-state index contributed by atoms with van der Waals surface area (Å²) in [5, 5.41) is 8.99. The van der Waals surface area contributed by atoms with Gasteiger partial charge in [-0.15, -0.1) is 11.3 Å². The molecule has 4 rings (SSSR count). The van der Waals surface area contributed by atoms with Crippen molar-refractivity contribution in [2.45, 2.75) is 20.4 Å². The van der Waals surface area contributed by atoms with Crippen molar-refractivity contribution >= 4 is 51.7 Å². The van der Waals surface area contributed by atoms with Crippen LogP contribution < -0.4 is 10.1 Å². The molecule has 0 aliphatic heterocycles. The number of hydrogen-bond acceptors (Lipinski definition) is 5. The van der Waals surface area contributed by atoms with Gasteiger partial charge in [0.25, 0.3) is 0 Å². The van der Waals surface area contributed by atoms with Gasteiger partial charge in [-0.1, -0.05) is 35.3 Å². The minimum Gasteiger partial charge on any atom is -0.497 e. The number of thiazole rings is 1. The molecule has 0 bridgehead atoms. The summed E-state index contributed by atoms with van der Waals surface area (Å²) in [7, 11) is 1.63. The van der Waals surface area contributed by atoms with Gasteiger partial charge >= 0.3 is 0 Å². The molecule has 6 nitrogen and oxygen atoms in total. The summed E-state index contributed by atoms with van der Waals surface area (Å²) in [6.45, 7) is 4.33. The zero-order valence-electron chi connectivity index (χ0n) is 18.8. The number of aromatic nitrogens is 3. The standard InChI is InChI=1S/C25H22Cl2N4O2S/c1-15-21(24(27)31(30-15)14-17-4-8-19(26)9-5-17)12-13-22(32)28-25-29-23(16(2)34-25)18-6-10-20(33-3)11-7-18/h4-13H,14H2,1-3H3,(H,28,29,32)/b13-12+. The van der Waals surface area contributed by atoms with Crippen LogP contribution in [0.25, 0.3) is 17.3 Å². The summed E-state index contributed by atoms with van der Waals surface area (Å²) in [5.41, 5.74) is 4.24. The van der Waals surface area contributed by atoms with Crippen LogP contribution in [0.3, 0.4) is 0 Å². The predicted octanol–water partition coefficient (Wildman–Crippen LogP) is 6.64.